The predicted molar refractivity (Wildman–Crippen MR) is 138 cm³/mol. The van der Waals surface area contributed by atoms with E-state index in [1.54, 1.807) is 0 Å². The molecule has 0 heterocycles. The Kier molecular flexibility index (Phi) is 10.9. The molecule has 0 aliphatic heterocycles. The van der Waals surface area contributed by atoms with E-state index >= 15 is 0 Å². The van der Waals surface area contributed by atoms with Crippen molar-refractivity contribution in [1.29, 1.82) is 0 Å². The van der Waals surface area contributed by atoms with Crippen LogP contribution in [0.25, 0.3) is 0 Å². The highest BCUT2D eigenvalue weighted by Gasteiger charge is 2.36. The quantitative estimate of drug-likeness (QED) is 0.326. The zero-order valence-corrected chi connectivity index (χ0v) is 22.2. The first kappa shape index (κ1) is 27.2. The second-order valence-electron chi connectivity index (χ2n) is 13.4. The Morgan fingerprint density at radius 3 is 1.23 bits per heavy atom. The summed E-state index contributed by atoms with van der Waals surface area (Å²) in [6, 6.07) is 0.726. The largest absolute Gasteiger partial charge is 0.328 e. The van der Waals surface area contributed by atoms with Crippen LogP contribution in [-0.2, 0) is 0 Å². The van der Waals surface area contributed by atoms with Crippen molar-refractivity contribution in [3.63, 3.8) is 0 Å². The molecule has 2 saturated carbocycles. The van der Waals surface area contributed by atoms with Crippen molar-refractivity contribution in [3.8, 4) is 0 Å². The van der Waals surface area contributed by atoms with E-state index < -0.39 is 0 Å². The van der Waals surface area contributed by atoms with Crippen LogP contribution in [0.3, 0.4) is 0 Å². The van der Waals surface area contributed by atoms with Gasteiger partial charge in [-0.1, -0.05) is 66.2 Å². The van der Waals surface area contributed by atoms with Crippen LogP contribution in [-0.4, -0.2) is 12.1 Å². The number of hydrogen-bond acceptors (Lipinski definition) is 2. The number of rotatable bonds is 12. The Balaban J connectivity index is 1.67. The minimum absolute atomic E-state index is 0.363. The number of hydrogen-bond donors (Lipinski definition) is 2. The molecular weight excluding hydrogens is 376 g/mol. The molecule has 0 aromatic rings. The minimum Gasteiger partial charge on any atom is -0.328 e. The van der Waals surface area contributed by atoms with Gasteiger partial charge in [-0.05, 0) is 106 Å². The lowest BCUT2D eigenvalue weighted by Gasteiger charge is -2.42. The summed E-state index contributed by atoms with van der Waals surface area (Å²) in [5.74, 6) is 3.89. The van der Waals surface area contributed by atoms with E-state index in [2.05, 4.69) is 41.5 Å². The van der Waals surface area contributed by atoms with Crippen LogP contribution in [0.1, 0.15) is 138 Å². The van der Waals surface area contributed by atoms with Gasteiger partial charge in [-0.15, -0.1) is 0 Å². The summed E-state index contributed by atoms with van der Waals surface area (Å²) in [6.45, 7) is 14.4. The SMILES string of the molecule is CC(N)CCCC(C)(C)C1CCC(CC2CCC(C(C)(C)CCCC(C)N)CC2)CC1. The molecule has 2 nitrogen and oxygen atoms in total. The predicted octanol–water partition coefficient (Wildman–Crippen LogP) is 8.08. The number of nitrogens with two attached hydrogens (primary N) is 2. The van der Waals surface area contributed by atoms with Crippen molar-refractivity contribution in [2.45, 2.75) is 150 Å². The smallest absolute Gasteiger partial charge is 0.00104 e. The van der Waals surface area contributed by atoms with Gasteiger partial charge in [0.1, 0.15) is 0 Å². The van der Waals surface area contributed by atoms with Gasteiger partial charge in [0.05, 0.1) is 0 Å². The van der Waals surface area contributed by atoms with Crippen LogP contribution >= 0.6 is 0 Å². The fourth-order valence-corrected chi connectivity index (χ4v) is 7.00. The molecule has 0 amide bonds. The third kappa shape index (κ3) is 9.36. The molecule has 0 aromatic carbocycles. The standard InChI is InChI=1S/C29H58N2/c1-22(30)9-7-19-28(3,4)26-15-11-24(12-16-26)21-25-13-17-27(18-14-25)29(5,6)20-8-10-23(2)31/h22-27H,7-21,30-31H2,1-6H3. The zero-order valence-electron chi connectivity index (χ0n) is 22.2. The molecule has 0 saturated heterocycles. The average Bonchev–Trinajstić information content (AvgIpc) is 2.68. The van der Waals surface area contributed by atoms with E-state index in [0.29, 0.717) is 22.9 Å². The molecule has 0 bridgehead atoms. The highest BCUT2D eigenvalue weighted by Crippen LogP contribution is 2.47. The highest BCUT2D eigenvalue weighted by molar-refractivity contribution is 4.87. The van der Waals surface area contributed by atoms with Crippen molar-refractivity contribution in [2.24, 2.45) is 46.0 Å². The van der Waals surface area contributed by atoms with Crippen LogP contribution in [0, 0.1) is 34.5 Å². The fraction of sp³-hybridized carbons (Fsp3) is 1.00. The van der Waals surface area contributed by atoms with Gasteiger partial charge < -0.3 is 11.5 Å². The lowest BCUT2D eigenvalue weighted by Crippen LogP contribution is -2.31. The van der Waals surface area contributed by atoms with Crippen molar-refractivity contribution in [3.05, 3.63) is 0 Å². The third-order valence-electron chi connectivity index (χ3n) is 9.53. The second kappa shape index (κ2) is 12.4. The summed E-state index contributed by atoms with van der Waals surface area (Å²) in [7, 11) is 0. The van der Waals surface area contributed by atoms with Crippen LogP contribution < -0.4 is 11.5 Å². The molecule has 31 heavy (non-hydrogen) atoms. The van der Waals surface area contributed by atoms with E-state index in [1.165, 1.54) is 96.3 Å². The van der Waals surface area contributed by atoms with Crippen LogP contribution in [0.15, 0.2) is 0 Å². The van der Waals surface area contributed by atoms with Gasteiger partial charge >= 0.3 is 0 Å². The molecule has 2 aliphatic rings. The van der Waals surface area contributed by atoms with Crippen LogP contribution in [0.2, 0.25) is 0 Å². The molecule has 0 radical (unpaired) electrons. The normalized spacial score (nSPS) is 30.2. The van der Waals surface area contributed by atoms with Gasteiger partial charge in [-0.25, -0.2) is 0 Å². The fourth-order valence-electron chi connectivity index (χ4n) is 7.00. The summed E-state index contributed by atoms with van der Waals surface area (Å²) in [5.41, 5.74) is 12.9. The van der Waals surface area contributed by atoms with Gasteiger partial charge in [0.2, 0.25) is 0 Å². The van der Waals surface area contributed by atoms with Gasteiger partial charge in [0, 0.05) is 12.1 Å². The van der Waals surface area contributed by atoms with Gasteiger partial charge in [-0.3, -0.25) is 0 Å². The van der Waals surface area contributed by atoms with Gasteiger partial charge in [-0.2, -0.15) is 0 Å². The van der Waals surface area contributed by atoms with Crippen molar-refractivity contribution in [2.75, 3.05) is 0 Å². The molecule has 2 unspecified atom stereocenters. The summed E-state index contributed by atoms with van der Waals surface area (Å²) >= 11 is 0. The van der Waals surface area contributed by atoms with Gasteiger partial charge in [0.15, 0.2) is 0 Å². The Bertz CT molecular complexity index is 433. The molecule has 0 spiro atoms. The molecule has 2 fully saturated rings. The van der Waals surface area contributed by atoms with E-state index in [9.17, 15) is 0 Å². The molecule has 2 atom stereocenters. The molecule has 4 N–H and O–H groups in total. The monoisotopic (exact) mass is 434 g/mol. The Morgan fingerprint density at radius 2 is 0.935 bits per heavy atom. The first-order valence-electron chi connectivity index (χ1n) is 14.0. The third-order valence-corrected chi connectivity index (χ3v) is 9.53. The second-order valence-corrected chi connectivity index (χ2v) is 13.4. The van der Waals surface area contributed by atoms with E-state index in [4.69, 9.17) is 11.5 Å². The Morgan fingerprint density at radius 1 is 0.613 bits per heavy atom. The van der Waals surface area contributed by atoms with E-state index in [1.807, 2.05) is 0 Å². The van der Waals surface area contributed by atoms with Crippen LogP contribution in [0.5, 0.6) is 0 Å². The molecular formula is C29H58N2. The van der Waals surface area contributed by atoms with Crippen molar-refractivity contribution >= 4 is 0 Å². The Labute approximate surface area is 196 Å². The average molecular weight is 435 g/mol. The topological polar surface area (TPSA) is 52.0 Å². The van der Waals surface area contributed by atoms with E-state index in [0.717, 1.165) is 23.7 Å². The van der Waals surface area contributed by atoms with Crippen molar-refractivity contribution < 1.29 is 0 Å². The first-order valence-corrected chi connectivity index (χ1v) is 14.0. The van der Waals surface area contributed by atoms with Crippen LogP contribution in [0.4, 0.5) is 0 Å². The summed E-state index contributed by atoms with van der Waals surface area (Å²) in [4.78, 5) is 0. The first-order chi connectivity index (χ1) is 14.5. The molecule has 2 rings (SSSR count). The molecule has 0 aromatic heterocycles. The lowest BCUT2D eigenvalue weighted by molar-refractivity contribution is 0.0894. The minimum atomic E-state index is 0.363. The highest BCUT2D eigenvalue weighted by atomic mass is 14.6. The zero-order chi connectivity index (χ0) is 23.1. The maximum Gasteiger partial charge on any atom is 0.00104 e. The van der Waals surface area contributed by atoms with E-state index in [-0.39, 0.29) is 0 Å². The molecule has 2 heteroatoms. The summed E-state index contributed by atoms with van der Waals surface area (Å²) < 4.78 is 0. The molecule has 2 aliphatic carbocycles. The Hall–Kier alpha value is -0.0800. The maximum atomic E-state index is 5.97. The lowest BCUT2D eigenvalue weighted by atomic mass is 9.63. The summed E-state index contributed by atoms with van der Waals surface area (Å²) in [5, 5.41) is 0. The summed E-state index contributed by atoms with van der Waals surface area (Å²) in [6.07, 6.45) is 21.0. The van der Waals surface area contributed by atoms with Crippen molar-refractivity contribution in [1.82, 2.24) is 0 Å². The van der Waals surface area contributed by atoms with Gasteiger partial charge in [0.25, 0.3) is 0 Å². The maximum absolute atomic E-state index is 5.97. The molecule has 184 valence electrons.